The van der Waals surface area contributed by atoms with Gasteiger partial charge < -0.3 is 25.4 Å². The molecule has 4 aromatic rings. The SMILES string of the molecule is C=CC(=O)N1CC(Cn2c(=O)c(NC[C@@H]3CCCN3C)nc3cc(-c4cccc5sc(N)nc45)c(Cl)cc32)C1. The molecule has 1 amide bonds. The van der Waals surface area contributed by atoms with Gasteiger partial charge in [-0.1, -0.05) is 41.6 Å². The quantitative estimate of drug-likeness (QED) is 0.326. The lowest BCUT2D eigenvalue weighted by Gasteiger charge is -2.39. The average Bonchev–Trinajstić information content (AvgIpc) is 3.49. The van der Waals surface area contributed by atoms with Crippen LogP contribution in [0.1, 0.15) is 12.8 Å². The summed E-state index contributed by atoms with van der Waals surface area (Å²) in [5.41, 5.74) is 9.58. The Kier molecular flexibility index (Phi) is 6.78. The number of hydrogen-bond donors (Lipinski definition) is 2. The van der Waals surface area contributed by atoms with Crippen molar-refractivity contribution in [2.45, 2.75) is 25.4 Å². The number of nitrogens with zero attached hydrogens (tertiary/aromatic N) is 5. The number of likely N-dealkylation sites (tertiary alicyclic amines) is 2. The van der Waals surface area contributed by atoms with Crippen LogP contribution in [0.5, 0.6) is 0 Å². The number of para-hydroxylation sites is 1. The Balaban J connectivity index is 1.42. The summed E-state index contributed by atoms with van der Waals surface area (Å²) in [5.74, 6) is 0.382. The lowest BCUT2D eigenvalue weighted by atomic mass is 9.99. The van der Waals surface area contributed by atoms with Crippen LogP contribution in [0.3, 0.4) is 0 Å². The van der Waals surface area contributed by atoms with Crippen molar-refractivity contribution < 1.29 is 4.79 Å². The standard InChI is InChI=1S/C28H30ClN7O2S/c1-3-24(37)35-13-16(14-35)15-36-22-11-20(29)19(18-7-4-8-23-25(18)33-28(30)39-23)10-21(22)32-26(27(36)38)31-12-17-6-5-9-34(17)2/h3-4,7-8,10-11,16-17H,1,5-6,9,12-15H2,2H3,(H2,30,33)(H,31,32)/t17-/m0/s1. The molecule has 0 unspecified atom stereocenters. The van der Waals surface area contributed by atoms with E-state index in [0.717, 1.165) is 40.7 Å². The molecule has 2 aliphatic heterocycles. The minimum atomic E-state index is -0.185. The summed E-state index contributed by atoms with van der Waals surface area (Å²) >= 11 is 8.29. The molecule has 4 heterocycles. The van der Waals surface area contributed by atoms with Gasteiger partial charge in [-0.25, -0.2) is 9.97 Å². The molecule has 39 heavy (non-hydrogen) atoms. The molecule has 11 heteroatoms. The number of carbonyl (C=O) groups excluding carboxylic acids is 1. The van der Waals surface area contributed by atoms with Gasteiger partial charge in [0.25, 0.3) is 5.56 Å². The smallest absolute Gasteiger partial charge is 0.293 e. The van der Waals surface area contributed by atoms with Crippen LogP contribution in [-0.2, 0) is 11.3 Å². The van der Waals surface area contributed by atoms with Crippen molar-refractivity contribution in [3.05, 3.63) is 58.4 Å². The van der Waals surface area contributed by atoms with Crippen molar-refractivity contribution in [1.82, 2.24) is 24.3 Å². The number of aromatic nitrogens is 3. The highest BCUT2D eigenvalue weighted by molar-refractivity contribution is 7.22. The highest BCUT2D eigenvalue weighted by atomic mass is 35.5. The molecule has 0 spiro atoms. The van der Waals surface area contributed by atoms with E-state index in [1.807, 2.05) is 30.3 Å². The topological polar surface area (TPSA) is 109 Å². The number of anilines is 2. The van der Waals surface area contributed by atoms with Gasteiger partial charge in [-0.3, -0.25) is 9.59 Å². The Labute approximate surface area is 234 Å². The van der Waals surface area contributed by atoms with Gasteiger partial charge in [-0.15, -0.1) is 0 Å². The van der Waals surface area contributed by atoms with Crippen molar-refractivity contribution in [2.75, 3.05) is 44.3 Å². The maximum Gasteiger partial charge on any atom is 0.293 e. The Bertz CT molecular complexity index is 1660. The van der Waals surface area contributed by atoms with Gasteiger partial charge in [0.2, 0.25) is 5.91 Å². The fourth-order valence-corrected chi connectivity index (χ4v) is 6.67. The van der Waals surface area contributed by atoms with Crippen LogP contribution in [0.15, 0.2) is 47.8 Å². The monoisotopic (exact) mass is 563 g/mol. The molecule has 0 bridgehead atoms. The van der Waals surface area contributed by atoms with Gasteiger partial charge in [0.15, 0.2) is 10.9 Å². The molecule has 0 radical (unpaired) electrons. The number of carbonyl (C=O) groups is 1. The number of likely N-dealkylation sites (N-methyl/N-ethyl adjacent to an activating group) is 1. The summed E-state index contributed by atoms with van der Waals surface area (Å²) in [6.45, 7) is 6.89. The Hall–Kier alpha value is -3.47. The minimum absolute atomic E-state index is 0.0919. The van der Waals surface area contributed by atoms with Crippen molar-refractivity contribution in [2.24, 2.45) is 5.92 Å². The predicted octanol–water partition coefficient (Wildman–Crippen LogP) is 4.06. The van der Waals surface area contributed by atoms with Crippen LogP contribution < -0.4 is 16.6 Å². The first kappa shape index (κ1) is 25.8. The molecule has 2 fully saturated rings. The zero-order valence-electron chi connectivity index (χ0n) is 21.7. The maximum atomic E-state index is 13.7. The second kappa shape index (κ2) is 10.3. The molecule has 2 aromatic carbocycles. The maximum absolute atomic E-state index is 13.7. The van der Waals surface area contributed by atoms with Crippen molar-refractivity contribution >= 4 is 61.0 Å². The number of benzene rings is 2. The van der Waals surface area contributed by atoms with Crippen molar-refractivity contribution in [3.8, 4) is 11.1 Å². The van der Waals surface area contributed by atoms with E-state index < -0.39 is 0 Å². The van der Waals surface area contributed by atoms with E-state index in [4.69, 9.17) is 22.3 Å². The van der Waals surface area contributed by atoms with Crippen LogP contribution in [0.4, 0.5) is 10.9 Å². The minimum Gasteiger partial charge on any atom is -0.375 e. The third-order valence-corrected chi connectivity index (χ3v) is 8.98. The first-order chi connectivity index (χ1) is 18.8. The Morgan fingerprint density at radius 1 is 1.28 bits per heavy atom. The number of rotatable bonds is 7. The molecule has 1 atom stereocenters. The van der Waals surface area contributed by atoms with Gasteiger partial charge >= 0.3 is 0 Å². The van der Waals surface area contributed by atoms with E-state index in [2.05, 4.69) is 28.8 Å². The number of halogens is 1. The number of nitrogens with two attached hydrogens (primary N) is 1. The van der Waals surface area contributed by atoms with Gasteiger partial charge in [-0.05, 0) is 50.7 Å². The molecule has 6 rings (SSSR count). The first-order valence-corrected chi connectivity index (χ1v) is 14.3. The molecule has 2 aromatic heterocycles. The third kappa shape index (κ3) is 4.77. The molecule has 2 saturated heterocycles. The summed E-state index contributed by atoms with van der Waals surface area (Å²) in [5, 5.41) is 4.34. The molecular formula is C28H30ClN7O2S. The van der Waals surface area contributed by atoms with Crippen LogP contribution in [-0.4, -0.2) is 69.5 Å². The second-order valence-electron chi connectivity index (χ2n) is 10.4. The van der Waals surface area contributed by atoms with Crippen LogP contribution in [0.25, 0.3) is 32.4 Å². The van der Waals surface area contributed by atoms with Crippen LogP contribution in [0.2, 0.25) is 5.02 Å². The molecule has 9 nitrogen and oxygen atoms in total. The number of hydrogen-bond acceptors (Lipinski definition) is 8. The van der Waals surface area contributed by atoms with Gasteiger partial charge in [-0.2, -0.15) is 0 Å². The summed E-state index contributed by atoms with van der Waals surface area (Å²) in [4.78, 5) is 39.1. The lowest BCUT2D eigenvalue weighted by Crippen LogP contribution is -2.51. The largest absolute Gasteiger partial charge is 0.375 e. The number of nitrogens with one attached hydrogen (secondary N) is 1. The summed E-state index contributed by atoms with van der Waals surface area (Å²) in [7, 11) is 2.11. The Morgan fingerprint density at radius 2 is 2.10 bits per heavy atom. The Morgan fingerprint density at radius 3 is 2.85 bits per heavy atom. The zero-order chi connectivity index (χ0) is 27.3. The van der Waals surface area contributed by atoms with E-state index in [-0.39, 0.29) is 17.4 Å². The van der Waals surface area contributed by atoms with E-state index in [1.54, 1.807) is 9.47 Å². The van der Waals surface area contributed by atoms with E-state index >= 15 is 0 Å². The van der Waals surface area contributed by atoms with Gasteiger partial charge in [0.05, 0.1) is 26.3 Å². The first-order valence-electron chi connectivity index (χ1n) is 13.1. The van der Waals surface area contributed by atoms with Gasteiger partial charge in [0.1, 0.15) is 0 Å². The van der Waals surface area contributed by atoms with Crippen LogP contribution >= 0.6 is 22.9 Å². The summed E-state index contributed by atoms with van der Waals surface area (Å²) in [6, 6.07) is 10.0. The zero-order valence-corrected chi connectivity index (χ0v) is 23.3. The molecular weight excluding hydrogens is 534 g/mol. The van der Waals surface area contributed by atoms with E-state index in [0.29, 0.717) is 59.2 Å². The fraction of sp³-hybridized carbons (Fsp3) is 0.357. The highest BCUT2D eigenvalue weighted by Crippen LogP contribution is 2.38. The highest BCUT2D eigenvalue weighted by Gasteiger charge is 2.31. The molecule has 3 N–H and O–H groups in total. The fourth-order valence-electron chi connectivity index (χ4n) is 5.65. The normalized spacial score (nSPS) is 18.1. The average molecular weight is 564 g/mol. The number of thiazole rings is 1. The molecule has 0 aliphatic carbocycles. The van der Waals surface area contributed by atoms with Gasteiger partial charge in [0, 0.05) is 49.3 Å². The van der Waals surface area contributed by atoms with Crippen molar-refractivity contribution in [3.63, 3.8) is 0 Å². The van der Waals surface area contributed by atoms with E-state index in [9.17, 15) is 9.59 Å². The molecule has 202 valence electrons. The third-order valence-electron chi connectivity index (χ3n) is 7.82. The lowest BCUT2D eigenvalue weighted by molar-refractivity contribution is -0.132. The van der Waals surface area contributed by atoms with Crippen LogP contribution in [0, 0.1) is 5.92 Å². The second-order valence-corrected chi connectivity index (χ2v) is 11.8. The predicted molar refractivity (Wildman–Crippen MR) is 158 cm³/mol. The molecule has 2 aliphatic rings. The summed E-state index contributed by atoms with van der Waals surface area (Å²) < 4.78 is 2.73. The number of nitrogen functional groups attached to an aromatic ring is 1. The summed E-state index contributed by atoms with van der Waals surface area (Å²) in [6.07, 6.45) is 3.56. The van der Waals surface area contributed by atoms with E-state index in [1.165, 1.54) is 17.4 Å². The molecule has 0 saturated carbocycles. The number of amides is 1. The van der Waals surface area contributed by atoms with Crippen molar-refractivity contribution in [1.29, 1.82) is 0 Å². The number of fused-ring (bicyclic) bond motifs is 2.